The van der Waals surface area contributed by atoms with E-state index in [1.54, 1.807) is 12.3 Å². The van der Waals surface area contributed by atoms with Gasteiger partial charge in [-0.15, -0.1) is 0 Å². The summed E-state index contributed by atoms with van der Waals surface area (Å²) in [5.74, 6) is 1.30. The highest BCUT2D eigenvalue weighted by Gasteiger charge is 2.08. The second-order valence-corrected chi connectivity index (χ2v) is 2.38. The third-order valence-corrected chi connectivity index (χ3v) is 1.56. The SMILES string of the molecule is Nc1cc2c(cn1)OCCN2. The molecule has 0 unspecified atom stereocenters. The van der Waals surface area contributed by atoms with E-state index >= 15 is 0 Å². The maximum absolute atomic E-state index is 5.48. The number of nitrogens with zero attached hydrogens (tertiary/aromatic N) is 1. The third-order valence-electron chi connectivity index (χ3n) is 1.56. The van der Waals surface area contributed by atoms with Gasteiger partial charge in [0.05, 0.1) is 11.9 Å². The van der Waals surface area contributed by atoms with Gasteiger partial charge in [0.1, 0.15) is 12.4 Å². The summed E-state index contributed by atoms with van der Waals surface area (Å²) in [6, 6.07) is 1.77. The lowest BCUT2D eigenvalue weighted by atomic mass is 10.3. The zero-order chi connectivity index (χ0) is 7.68. The molecule has 1 aromatic rings. The molecule has 2 rings (SSSR count). The van der Waals surface area contributed by atoms with Crippen LogP contribution in [-0.2, 0) is 0 Å². The van der Waals surface area contributed by atoms with Crippen LogP contribution in [0.5, 0.6) is 5.75 Å². The smallest absolute Gasteiger partial charge is 0.160 e. The molecule has 0 fully saturated rings. The first kappa shape index (κ1) is 6.27. The van der Waals surface area contributed by atoms with E-state index in [4.69, 9.17) is 10.5 Å². The molecule has 2 heterocycles. The largest absolute Gasteiger partial charge is 0.488 e. The fourth-order valence-corrected chi connectivity index (χ4v) is 1.06. The predicted octanol–water partition coefficient (Wildman–Crippen LogP) is 0.468. The van der Waals surface area contributed by atoms with Crippen molar-refractivity contribution in [2.75, 3.05) is 24.2 Å². The molecular formula is C7H9N3O. The van der Waals surface area contributed by atoms with E-state index in [2.05, 4.69) is 10.3 Å². The minimum Gasteiger partial charge on any atom is -0.488 e. The van der Waals surface area contributed by atoms with Crippen LogP contribution < -0.4 is 15.8 Å². The molecule has 1 aromatic heterocycles. The average Bonchev–Trinajstić information content (AvgIpc) is 2.04. The van der Waals surface area contributed by atoms with Crippen LogP contribution in [0.15, 0.2) is 12.3 Å². The van der Waals surface area contributed by atoms with E-state index in [1.165, 1.54) is 0 Å². The van der Waals surface area contributed by atoms with E-state index in [-0.39, 0.29) is 0 Å². The fraction of sp³-hybridized carbons (Fsp3) is 0.286. The molecule has 0 saturated carbocycles. The maximum atomic E-state index is 5.48. The molecule has 0 bridgehead atoms. The van der Waals surface area contributed by atoms with Gasteiger partial charge in [-0.3, -0.25) is 0 Å². The van der Waals surface area contributed by atoms with Gasteiger partial charge in [0.15, 0.2) is 5.75 Å². The second kappa shape index (κ2) is 2.30. The summed E-state index contributed by atoms with van der Waals surface area (Å²) in [5.41, 5.74) is 6.41. The minimum absolute atomic E-state index is 0.516. The Bertz CT molecular complexity index is 274. The molecule has 11 heavy (non-hydrogen) atoms. The van der Waals surface area contributed by atoms with Gasteiger partial charge in [-0.25, -0.2) is 4.98 Å². The lowest BCUT2D eigenvalue weighted by Crippen LogP contribution is -2.18. The van der Waals surface area contributed by atoms with Crippen molar-refractivity contribution in [3.05, 3.63) is 12.3 Å². The zero-order valence-electron chi connectivity index (χ0n) is 6.00. The van der Waals surface area contributed by atoms with Gasteiger partial charge in [-0.05, 0) is 0 Å². The van der Waals surface area contributed by atoms with Crippen molar-refractivity contribution in [1.82, 2.24) is 4.98 Å². The van der Waals surface area contributed by atoms with Gasteiger partial charge in [0.2, 0.25) is 0 Å². The van der Waals surface area contributed by atoms with Crippen LogP contribution in [0.2, 0.25) is 0 Å². The van der Waals surface area contributed by atoms with Crippen LogP contribution in [-0.4, -0.2) is 18.1 Å². The number of hydrogen-bond acceptors (Lipinski definition) is 4. The molecule has 4 heteroatoms. The first-order valence-electron chi connectivity index (χ1n) is 3.48. The summed E-state index contributed by atoms with van der Waals surface area (Å²) in [5, 5.41) is 3.16. The van der Waals surface area contributed by atoms with E-state index < -0.39 is 0 Å². The summed E-state index contributed by atoms with van der Waals surface area (Å²) in [4.78, 5) is 3.91. The topological polar surface area (TPSA) is 60.2 Å². The summed E-state index contributed by atoms with van der Waals surface area (Å²) in [6.45, 7) is 1.52. The zero-order valence-corrected chi connectivity index (χ0v) is 6.00. The number of aromatic nitrogens is 1. The van der Waals surface area contributed by atoms with Crippen LogP contribution in [0.1, 0.15) is 0 Å². The van der Waals surface area contributed by atoms with Gasteiger partial charge >= 0.3 is 0 Å². The number of nitrogens with two attached hydrogens (primary N) is 1. The lowest BCUT2D eigenvalue weighted by Gasteiger charge is -2.18. The Morgan fingerprint density at radius 2 is 2.55 bits per heavy atom. The summed E-state index contributed by atoms with van der Waals surface area (Å²) < 4.78 is 5.30. The molecule has 3 N–H and O–H groups in total. The molecular weight excluding hydrogens is 142 g/mol. The van der Waals surface area contributed by atoms with Crippen molar-refractivity contribution in [2.24, 2.45) is 0 Å². The number of fused-ring (bicyclic) bond motifs is 1. The van der Waals surface area contributed by atoms with E-state index in [9.17, 15) is 0 Å². The van der Waals surface area contributed by atoms with Gasteiger partial charge in [0, 0.05) is 12.6 Å². The normalized spacial score (nSPS) is 14.5. The van der Waals surface area contributed by atoms with Crippen molar-refractivity contribution in [3.63, 3.8) is 0 Å². The Labute approximate surface area is 64.4 Å². The Morgan fingerprint density at radius 1 is 1.64 bits per heavy atom. The van der Waals surface area contributed by atoms with Gasteiger partial charge < -0.3 is 15.8 Å². The van der Waals surface area contributed by atoms with E-state index in [0.717, 1.165) is 18.0 Å². The van der Waals surface area contributed by atoms with E-state index in [1.807, 2.05) is 0 Å². The van der Waals surface area contributed by atoms with Crippen molar-refractivity contribution < 1.29 is 4.74 Å². The highest BCUT2D eigenvalue weighted by molar-refractivity contribution is 5.60. The molecule has 0 atom stereocenters. The monoisotopic (exact) mass is 151 g/mol. The summed E-state index contributed by atoms with van der Waals surface area (Å²) in [7, 11) is 0. The molecule has 0 spiro atoms. The standard InChI is InChI=1S/C7H9N3O/c8-7-3-5-6(4-10-7)11-2-1-9-5/h3-4,9H,1-2H2,(H2,8,10). The van der Waals surface area contributed by atoms with Gasteiger partial charge in [-0.2, -0.15) is 0 Å². The predicted molar refractivity (Wildman–Crippen MR) is 42.6 cm³/mol. The Kier molecular flexibility index (Phi) is 1.31. The summed E-state index contributed by atoms with van der Waals surface area (Å²) in [6.07, 6.45) is 1.64. The molecule has 0 radical (unpaired) electrons. The maximum Gasteiger partial charge on any atom is 0.160 e. The van der Waals surface area contributed by atoms with Gasteiger partial charge in [-0.1, -0.05) is 0 Å². The lowest BCUT2D eigenvalue weighted by molar-refractivity contribution is 0.322. The van der Waals surface area contributed by atoms with E-state index in [0.29, 0.717) is 12.4 Å². The van der Waals surface area contributed by atoms with Gasteiger partial charge in [0.25, 0.3) is 0 Å². The fourth-order valence-electron chi connectivity index (χ4n) is 1.06. The molecule has 0 aromatic carbocycles. The first-order valence-corrected chi connectivity index (χ1v) is 3.48. The number of anilines is 2. The van der Waals surface area contributed by atoms with Crippen LogP contribution >= 0.6 is 0 Å². The number of pyridine rings is 1. The molecule has 0 saturated heterocycles. The van der Waals surface area contributed by atoms with Crippen LogP contribution in [0.4, 0.5) is 11.5 Å². The number of hydrogen-bond donors (Lipinski definition) is 2. The summed E-state index contributed by atoms with van der Waals surface area (Å²) >= 11 is 0. The molecule has 0 amide bonds. The van der Waals surface area contributed by atoms with Crippen molar-refractivity contribution >= 4 is 11.5 Å². The highest BCUT2D eigenvalue weighted by Crippen LogP contribution is 2.26. The second-order valence-electron chi connectivity index (χ2n) is 2.38. The third kappa shape index (κ3) is 1.07. The van der Waals surface area contributed by atoms with Crippen molar-refractivity contribution in [1.29, 1.82) is 0 Å². The Hall–Kier alpha value is -1.45. The van der Waals surface area contributed by atoms with Crippen molar-refractivity contribution in [2.45, 2.75) is 0 Å². The molecule has 1 aliphatic heterocycles. The first-order chi connectivity index (χ1) is 5.36. The quantitative estimate of drug-likeness (QED) is 0.565. The molecule has 58 valence electrons. The minimum atomic E-state index is 0.516. The molecule has 4 nitrogen and oxygen atoms in total. The van der Waals surface area contributed by atoms with Crippen molar-refractivity contribution in [3.8, 4) is 5.75 Å². The van der Waals surface area contributed by atoms with Crippen LogP contribution in [0, 0.1) is 0 Å². The average molecular weight is 151 g/mol. The van der Waals surface area contributed by atoms with Crippen LogP contribution in [0.25, 0.3) is 0 Å². The highest BCUT2D eigenvalue weighted by atomic mass is 16.5. The molecule has 1 aliphatic rings. The number of rotatable bonds is 0. The Morgan fingerprint density at radius 3 is 3.45 bits per heavy atom. The Balaban J connectivity index is 2.43. The number of ether oxygens (including phenoxy) is 1. The number of nitrogens with one attached hydrogen (secondary N) is 1. The molecule has 0 aliphatic carbocycles. The number of nitrogen functional groups attached to an aromatic ring is 1. The van der Waals surface area contributed by atoms with Crippen LogP contribution in [0.3, 0.4) is 0 Å².